The van der Waals surface area contributed by atoms with Crippen LogP contribution in [-0.2, 0) is 0 Å². The Morgan fingerprint density at radius 1 is 1.41 bits per heavy atom. The molecule has 0 saturated carbocycles. The minimum Gasteiger partial charge on any atom is -0.480 e. The number of rotatable bonds is 4. The zero-order chi connectivity index (χ0) is 15.5. The van der Waals surface area contributed by atoms with Crippen LogP contribution in [0.25, 0.3) is 0 Å². The van der Waals surface area contributed by atoms with Crippen molar-refractivity contribution in [3.05, 3.63) is 33.7 Å². The monoisotopic (exact) mass is 339 g/mol. The number of likely N-dealkylation sites (tertiary alicyclic amines) is 1. The third-order valence-corrected chi connectivity index (χ3v) is 4.52. The van der Waals surface area contributed by atoms with Crippen molar-refractivity contribution in [3.8, 4) is 11.8 Å². The van der Waals surface area contributed by atoms with Crippen LogP contribution in [-0.4, -0.2) is 47.1 Å². The van der Waals surface area contributed by atoms with Gasteiger partial charge < -0.3 is 14.4 Å². The number of hydrogen-bond acceptors (Lipinski definition) is 6. The Morgan fingerprint density at radius 3 is 2.95 bits per heavy atom. The molecule has 0 aromatic carbocycles. The second-order valence-electron chi connectivity index (χ2n) is 4.78. The molecule has 1 fully saturated rings. The number of carbonyl (C=O) groups excluding carboxylic acids is 1. The molecule has 2 aromatic rings. The zero-order valence-corrected chi connectivity index (χ0v) is 13.4. The summed E-state index contributed by atoms with van der Waals surface area (Å²) in [7, 11) is 1.52. The van der Waals surface area contributed by atoms with E-state index in [2.05, 4.69) is 9.97 Å². The third kappa shape index (κ3) is 3.31. The molecule has 2 aromatic heterocycles. The molecule has 1 aliphatic heterocycles. The third-order valence-electron chi connectivity index (χ3n) is 3.30. The Hall–Kier alpha value is -1.86. The quantitative estimate of drug-likeness (QED) is 0.856. The zero-order valence-electron chi connectivity index (χ0n) is 11.9. The van der Waals surface area contributed by atoms with Crippen molar-refractivity contribution in [2.45, 2.75) is 12.5 Å². The molecule has 1 aliphatic rings. The number of thiophene rings is 1. The Balaban J connectivity index is 1.61. The van der Waals surface area contributed by atoms with Gasteiger partial charge in [0.1, 0.15) is 6.10 Å². The molecular weight excluding hydrogens is 326 g/mol. The lowest BCUT2D eigenvalue weighted by Crippen LogP contribution is -2.30. The average molecular weight is 340 g/mol. The predicted molar refractivity (Wildman–Crippen MR) is 82.8 cm³/mol. The first-order valence-electron chi connectivity index (χ1n) is 6.73. The summed E-state index contributed by atoms with van der Waals surface area (Å²) in [6.07, 6.45) is 3.70. The van der Waals surface area contributed by atoms with Crippen LogP contribution in [0, 0.1) is 0 Å². The second-order valence-corrected chi connectivity index (χ2v) is 6.50. The van der Waals surface area contributed by atoms with E-state index < -0.39 is 0 Å². The molecule has 1 atom stereocenters. The highest BCUT2D eigenvalue weighted by molar-refractivity contribution is 7.17. The van der Waals surface area contributed by atoms with Crippen LogP contribution in [0.5, 0.6) is 11.8 Å². The van der Waals surface area contributed by atoms with Crippen LogP contribution in [0.3, 0.4) is 0 Å². The van der Waals surface area contributed by atoms with Gasteiger partial charge in [0.15, 0.2) is 0 Å². The van der Waals surface area contributed by atoms with Gasteiger partial charge in [0.25, 0.3) is 5.91 Å². The van der Waals surface area contributed by atoms with Crippen LogP contribution in [0.4, 0.5) is 0 Å². The lowest BCUT2D eigenvalue weighted by Gasteiger charge is -2.16. The van der Waals surface area contributed by atoms with Crippen molar-refractivity contribution in [3.63, 3.8) is 0 Å². The van der Waals surface area contributed by atoms with Gasteiger partial charge in [-0.15, -0.1) is 11.3 Å². The van der Waals surface area contributed by atoms with Gasteiger partial charge in [0, 0.05) is 13.0 Å². The molecule has 0 radical (unpaired) electrons. The molecule has 1 saturated heterocycles. The molecule has 6 nitrogen and oxygen atoms in total. The van der Waals surface area contributed by atoms with Crippen molar-refractivity contribution in [1.82, 2.24) is 14.9 Å². The number of ether oxygens (including phenoxy) is 2. The van der Waals surface area contributed by atoms with Crippen LogP contribution in [0.1, 0.15) is 16.1 Å². The SMILES string of the molecule is COc1cncc(OC2CCN(C(=O)c3ccc(Cl)s3)C2)n1. The van der Waals surface area contributed by atoms with Gasteiger partial charge in [-0.1, -0.05) is 11.6 Å². The summed E-state index contributed by atoms with van der Waals surface area (Å²) in [5, 5.41) is 0. The average Bonchev–Trinajstić information content (AvgIpc) is 3.16. The number of aromatic nitrogens is 2. The van der Waals surface area contributed by atoms with Crippen molar-refractivity contribution < 1.29 is 14.3 Å². The fourth-order valence-electron chi connectivity index (χ4n) is 2.25. The van der Waals surface area contributed by atoms with Gasteiger partial charge >= 0.3 is 0 Å². The summed E-state index contributed by atoms with van der Waals surface area (Å²) < 4.78 is 11.4. The van der Waals surface area contributed by atoms with Gasteiger partial charge in [0.05, 0.1) is 35.3 Å². The number of methoxy groups -OCH3 is 1. The normalized spacial score (nSPS) is 17.5. The van der Waals surface area contributed by atoms with E-state index >= 15 is 0 Å². The van der Waals surface area contributed by atoms with Crippen molar-refractivity contribution in [2.24, 2.45) is 0 Å². The number of nitrogens with zero attached hydrogens (tertiary/aromatic N) is 3. The van der Waals surface area contributed by atoms with E-state index in [0.717, 1.165) is 6.42 Å². The molecule has 3 rings (SSSR count). The molecule has 1 unspecified atom stereocenters. The maximum atomic E-state index is 12.3. The lowest BCUT2D eigenvalue weighted by atomic mass is 10.3. The maximum Gasteiger partial charge on any atom is 0.264 e. The number of hydrogen-bond donors (Lipinski definition) is 0. The highest BCUT2D eigenvalue weighted by atomic mass is 35.5. The molecule has 1 amide bonds. The van der Waals surface area contributed by atoms with Crippen molar-refractivity contribution >= 4 is 28.8 Å². The number of carbonyl (C=O) groups is 1. The first kappa shape index (κ1) is 15.1. The highest BCUT2D eigenvalue weighted by Crippen LogP contribution is 2.25. The summed E-state index contributed by atoms with van der Waals surface area (Å²) in [5.41, 5.74) is 0. The molecule has 0 N–H and O–H groups in total. The Morgan fingerprint density at radius 2 is 2.23 bits per heavy atom. The molecule has 0 spiro atoms. The van der Waals surface area contributed by atoms with E-state index in [1.165, 1.54) is 30.8 Å². The summed E-state index contributed by atoms with van der Waals surface area (Å²) in [6, 6.07) is 3.48. The molecule has 8 heteroatoms. The molecule has 22 heavy (non-hydrogen) atoms. The molecule has 116 valence electrons. The summed E-state index contributed by atoms with van der Waals surface area (Å²) in [5.74, 6) is 0.786. The van der Waals surface area contributed by atoms with Gasteiger partial charge in [-0.2, -0.15) is 4.98 Å². The van der Waals surface area contributed by atoms with E-state index in [0.29, 0.717) is 34.1 Å². The van der Waals surface area contributed by atoms with E-state index in [-0.39, 0.29) is 12.0 Å². The van der Waals surface area contributed by atoms with Gasteiger partial charge in [-0.25, -0.2) is 0 Å². The molecule has 0 aliphatic carbocycles. The van der Waals surface area contributed by atoms with Crippen LogP contribution in [0.2, 0.25) is 4.34 Å². The van der Waals surface area contributed by atoms with E-state index in [9.17, 15) is 4.79 Å². The Bertz CT molecular complexity index is 679. The largest absolute Gasteiger partial charge is 0.480 e. The minimum absolute atomic E-state index is 0.0141. The van der Waals surface area contributed by atoms with Gasteiger partial charge in [-0.05, 0) is 12.1 Å². The molecule has 0 bridgehead atoms. The summed E-state index contributed by atoms with van der Waals surface area (Å²) >= 11 is 7.16. The van der Waals surface area contributed by atoms with Gasteiger partial charge in [0.2, 0.25) is 11.8 Å². The fourth-order valence-corrected chi connectivity index (χ4v) is 3.26. The van der Waals surface area contributed by atoms with E-state index in [1.807, 2.05) is 0 Å². The molecule has 3 heterocycles. The maximum absolute atomic E-state index is 12.3. The molecular formula is C14H14ClN3O3S. The number of amides is 1. The van der Waals surface area contributed by atoms with Crippen molar-refractivity contribution in [1.29, 1.82) is 0 Å². The van der Waals surface area contributed by atoms with Crippen LogP contribution < -0.4 is 9.47 Å². The summed E-state index contributed by atoms with van der Waals surface area (Å²) in [4.78, 5) is 22.9. The number of halogens is 1. The standard InChI is InChI=1S/C14H14ClN3O3S/c1-20-12-6-16-7-13(17-12)21-9-4-5-18(8-9)14(19)10-2-3-11(15)22-10/h2-3,6-7,9H,4-5,8H2,1H3. The first-order chi connectivity index (χ1) is 10.7. The Labute approximate surface area is 136 Å². The second kappa shape index (κ2) is 6.50. The minimum atomic E-state index is -0.0965. The van der Waals surface area contributed by atoms with Gasteiger partial charge in [-0.3, -0.25) is 9.78 Å². The lowest BCUT2D eigenvalue weighted by molar-refractivity contribution is 0.0775. The Kier molecular flexibility index (Phi) is 4.44. The highest BCUT2D eigenvalue weighted by Gasteiger charge is 2.29. The first-order valence-corrected chi connectivity index (χ1v) is 7.92. The summed E-state index contributed by atoms with van der Waals surface area (Å²) in [6.45, 7) is 1.17. The predicted octanol–water partition coefficient (Wildman–Crippen LogP) is 2.49. The van der Waals surface area contributed by atoms with E-state index in [1.54, 1.807) is 17.0 Å². The van der Waals surface area contributed by atoms with Crippen LogP contribution >= 0.6 is 22.9 Å². The topological polar surface area (TPSA) is 64.6 Å². The fraction of sp³-hybridized carbons (Fsp3) is 0.357. The van der Waals surface area contributed by atoms with Crippen LogP contribution in [0.15, 0.2) is 24.5 Å². The smallest absolute Gasteiger partial charge is 0.264 e. The van der Waals surface area contributed by atoms with E-state index in [4.69, 9.17) is 21.1 Å². The van der Waals surface area contributed by atoms with Crippen molar-refractivity contribution in [2.75, 3.05) is 20.2 Å².